The van der Waals surface area contributed by atoms with Gasteiger partial charge in [-0.05, 0) is 12.1 Å². The molecule has 0 atom stereocenters. The summed E-state index contributed by atoms with van der Waals surface area (Å²) >= 11 is 0. The first kappa shape index (κ1) is 12.1. The lowest BCUT2D eigenvalue weighted by Crippen LogP contribution is -2.01. The van der Waals surface area contributed by atoms with Crippen LogP contribution in [0.4, 0.5) is 15.9 Å². The first-order valence-electron chi connectivity index (χ1n) is 5.71. The number of rotatable bonds is 2. The highest BCUT2D eigenvalue weighted by Gasteiger charge is 2.17. The summed E-state index contributed by atoms with van der Waals surface area (Å²) in [7, 11) is 0. The van der Waals surface area contributed by atoms with Crippen LogP contribution < -0.4 is 11.5 Å². The van der Waals surface area contributed by atoms with Crippen LogP contribution in [-0.2, 0) is 0 Å². The minimum atomic E-state index is -0.487. The second-order valence-corrected chi connectivity index (χ2v) is 4.08. The fourth-order valence-corrected chi connectivity index (χ4v) is 1.86. The van der Waals surface area contributed by atoms with Gasteiger partial charge in [-0.2, -0.15) is 0 Å². The molecule has 6 nitrogen and oxygen atoms in total. The number of nitrogens with two attached hydrogens (primary N) is 2. The first-order chi connectivity index (χ1) is 9.66. The molecule has 100 valence electrons. The highest BCUT2D eigenvalue weighted by Crippen LogP contribution is 2.34. The van der Waals surface area contributed by atoms with Crippen molar-refractivity contribution in [3.8, 4) is 22.6 Å². The van der Waals surface area contributed by atoms with Crippen LogP contribution in [0.5, 0.6) is 0 Å². The molecule has 0 saturated carbocycles. The van der Waals surface area contributed by atoms with Crippen molar-refractivity contribution >= 4 is 11.5 Å². The maximum atomic E-state index is 13.9. The Balaban J connectivity index is 2.30. The summed E-state index contributed by atoms with van der Waals surface area (Å²) < 4.78 is 19.1. The number of pyridine rings is 2. The molecule has 20 heavy (non-hydrogen) atoms. The lowest BCUT2D eigenvalue weighted by atomic mass is 10.0. The molecule has 0 aliphatic heterocycles. The van der Waals surface area contributed by atoms with Crippen molar-refractivity contribution in [3.63, 3.8) is 0 Å². The van der Waals surface area contributed by atoms with Crippen molar-refractivity contribution in [2.24, 2.45) is 0 Å². The van der Waals surface area contributed by atoms with Gasteiger partial charge in [0.2, 0.25) is 0 Å². The van der Waals surface area contributed by atoms with E-state index in [2.05, 4.69) is 15.0 Å². The zero-order valence-electron chi connectivity index (χ0n) is 10.2. The summed E-state index contributed by atoms with van der Waals surface area (Å²) in [6.45, 7) is 0. The third kappa shape index (κ3) is 1.95. The van der Waals surface area contributed by atoms with E-state index in [9.17, 15) is 4.39 Å². The number of halogens is 1. The van der Waals surface area contributed by atoms with Gasteiger partial charge in [-0.25, -0.2) is 14.4 Å². The molecule has 0 saturated heterocycles. The Morgan fingerprint density at radius 1 is 1.10 bits per heavy atom. The fourth-order valence-electron chi connectivity index (χ4n) is 1.86. The normalized spacial score (nSPS) is 10.7. The van der Waals surface area contributed by atoms with E-state index in [0.717, 1.165) is 6.20 Å². The molecule has 3 heterocycles. The largest absolute Gasteiger partial charge is 0.442 e. The Labute approximate surface area is 113 Å². The lowest BCUT2D eigenvalue weighted by Gasteiger charge is -2.10. The zero-order chi connectivity index (χ0) is 14.1. The number of aromatic nitrogens is 3. The van der Waals surface area contributed by atoms with Crippen LogP contribution in [0.15, 0.2) is 41.5 Å². The van der Waals surface area contributed by atoms with Gasteiger partial charge in [0.05, 0.1) is 18.1 Å². The van der Waals surface area contributed by atoms with Gasteiger partial charge in [0.15, 0.2) is 12.2 Å². The highest BCUT2D eigenvalue weighted by atomic mass is 19.1. The van der Waals surface area contributed by atoms with Gasteiger partial charge in [0, 0.05) is 17.3 Å². The molecule has 0 radical (unpaired) electrons. The summed E-state index contributed by atoms with van der Waals surface area (Å²) in [5.41, 5.74) is 12.9. The minimum absolute atomic E-state index is 0.148. The molecule has 3 aromatic rings. The van der Waals surface area contributed by atoms with E-state index >= 15 is 0 Å². The molecule has 0 aromatic carbocycles. The third-order valence-corrected chi connectivity index (χ3v) is 2.81. The molecule has 4 N–H and O–H groups in total. The number of hydrogen-bond donors (Lipinski definition) is 2. The Morgan fingerprint density at radius 2 is 1.95 bits per heavy atom. The molecule has 0 spiro atoms. The predicted molar refractivity (Wildman–Crippen MR) is 71.7 cm³/mol. The van der Waals surface area contributed by atoms with E-state index in [-0.39, 0.29) is 11.5 Å². The van der Waals surface area contributed by atoms with Gasteiger partial charge in [-0.15, -0.1) is 0 Å². The first-order valence-corrected chi connectivity index (χ1v) is 5.71. The average molecular weight is 271 g/mol. The highest BCUT2D eigenvalue weighted by molar-refractivity contribution is 5.83. The zero-order valence-corrected chi connectivity index (χ0v) is 10.2. The van der Waals surface area contributed by atoms with Crippen LogP contribution in [0.25, 0.3) is 22.6 Å². The van der Waals surface area contributed by atoms with E-state index in [4.69, 9.17) is 15.9 Å². The van der Waals surface area contributed by atoms with Gasteiger partial charge >= 0.3 is 0 Å². The second-order valence-electron chi connectivity index (χ2n) is 4.08. The van der Waals surface area contributed by atoms with E-state index in [1.807, 2.05) is 0 Å². The smallest absolute Gasteiger partial charge is 0.181 e. The number of oxazole rings is 1. The van der Waals surface area contributed by atoms with Crippen LogP contribution in [-0.4, -0.2) is 15.0 Å². The molecule has 0 aliphatic rings. The summed E-state index contributed by atoms with van der Waals surface area (Å²) in [4.78, 5) is 11.7. The van der Waals surface area contributed by atoms with E-state index in [1.165, 1.54) is 24.9 Å². The van der Waals surface area contributed by atoms with Crippen molar-refractivity contribution in [1.82, 2.24) is 15.0 Å². The van der Waals surface area contributed by atoms with Gasteiger partial charge in [0.1, 0.15) is 17.3 Å². The van der Waals surface area contributed by atoms with Crippen molar-refractivity contribution in [2.45, 2.75) is 0 Å². The molecule has 0 amide bonds. The molecular weight excluding hydrogens is 261 g/mol. The molecule has 0 unspecified atom stereocenters. The molecule has 3 rings (SSSR count). The van der Waals surface area contributed by atoms with Crippen molar-refractivity contribution in [2.75, 3.05) is 11.5 Å². The number of anilines is 2. The Morgan fingerprint density at radius 3 is 2.65 bits per heavy atom. The maximum Gasteiger partial charge on any atom is 0.181 e. The molecule has 3 aromatic heterocycles. The number of nitrogens with zero attached hydrogens (tertiary/aromatic N) is 3. The quantitative estimate of drug-likeness (QED) is 0.739. The Bertz CT molecular complexity index is 757. The van der Waals surface area contributed by atoms with Gasteiger partial charge in [0.25, 0.3) is 0 Å². The Hall–Kier alpha value is -2.96. The number of hydrogen-bond acceptors (Lipinski definition) is 6. The van der Waals surface area contributed by atoms with Crippen molar-refractivity contribution < 1.29 is 8.81 Å². The van der Waals surface area contributed by atoms with Crippen molar-refractivity contribution in [3.05, 3.63) is 42.9 Å². The van der Waals surface area contributed by atoms with Gasteiger partial charge in [-0.3, -0.25) is 4.98 Å². The molecule has 0 fully saturated rings. The van der Waals surface area contributed by atoms with Crippen LogP contribution in [0.1, 0.15) is 0 Å². The summed E-state index contributed by atoms with van der Waals surface area (Å²) in [6.07, 6.45) is 5.33. The van der Waals surface area contributed by atoms with Crippen molar-refractivity contribution in [1.29, 1.82) is 0 Å². The summed E-state index contributed by atoms with van der Waals surface area (Å²) in [6, 6.07) is 3.08. The maximum absolute atomic E-state index is 13.9. The molecule has 0 aliphatic carbocycles. The third-order valence-electron chi connectivity index (χ3n) is 2.81. The molecule has 0 bridgehead atoms. The van der Waals surface area contributed by atoms with Crippen LogP contribution in [0.2, 0.25) is 0 Å². The van der Waals surface area contributed by atoms with Gasteiger partial charge < -0.3 is 15.9 Å². The second kappa shape index (κ2) is 4.61. The number of nitrogen functional groups attached to an aromatic ring is 2. The summed E-state index contributed by atoms with van der Waals surface area (Å²) in [5, 5.41) is 0. The predicted octanol–water partition coefficient (Wildman–Crippen LogP) is 2.10. The summed E-state index contributed by atoms with van der Waals surface area (Å²) in [5.74, 6) is 0.0387. The van der Waals surface area contributed by atoms with Gasteiger partial charge in [-0.1, -0.05) is 0 Å². The topological polar surface area (TPSA) is 104 Å². The monoisotopic (exact) mass is 271 g/mol. The average Bonchev–Trinajstić information content (AvgIpc) is 2.96. The van der Waals surface area contributed by atoms with Crippen LogP contribution in [0, 0.1) is 5.82 Å². The lowest BCUT2D eigenvalue weighted by molar-refractivity contribution is 0.570. The standard InChI is InChI=1S/C13H10FN5O/c14-9-4-17-2-1-7(9)8-3-10(15)13(16)19-12(8)11-5-18-6-20-11/h1-6H,15H2,(H2,16,19). The van der Waals surface area contributed by atoms with E-state index in [0.29, 0.717) is 22.6 Å². The SMILES string of the molecule is Nc1cc(-c2ccncc2F)c(-c2cnco2)nc1N. The van der Waals surface area contributed by atoms with Crippen LogP contribution >= 0.6 is 0 Å². The van der Waals surface area contributed by atoms with Crippen LogP contribution in [0.3, 0.4) is 0 Å². The fraction of sp³-hybridized carbons (Fsp3) is 0. The molecule has 7 heteroatoms. The van der Waals surface area contributed by atoms with E-state index < -0.39 is 5.82 Å². The minimum Gasteiger partial charge on any atom is -0.442 e. The van der Waals surface area contributed by atoms with E-state index in [1.54, 1.807) is 6.07 Å². The molecular formula is C13H10FN5O. The Kier molecular flexibility index (Phi) is 2.79.